The third-order valence-corrected chi connectivity index (χ3v) is 3.99. The Morgan fingerprint density at radius 2 is 2.05 bits per heavy atom. The first kappa shape index (κ1) is 13.7. The number of aromatic hydroxyl groups is 1. The zero-order valence-corrected chi connectivity index (χ0v) is 12.1. The van der Waals surface area contributed by atoms with Gasteiger partial charge in [-0.2, -0.15) is 5.10 Å². The van der Waals surface area contributed by atoms with Crippen molar-refractivity contribution in [3.63, 3.8) is 0 Å². The van der Waals surface area contributed by atoms with Crippen molar-refractivity contribution in [1.29, 1.82) is 0 Å². The van der Waals surface area contributed by atoms with Gasteiger partial charge in [-0.1, -0.05) is 0 Å². The molecular formula is C13H14N6OS. The van der Waals surface area contributed by atoms with Gasteiger partial charge in [0.25, 0.3) is 0 Å². The summed E-state index contributed by atoms with van der Waals surface area (Å²) in [7, 11) is 1.83. The van der Waals surface area contributed by atoms with Crippen LogP contribution in [0.2, 0.25) is 0 Å². The van der Waals surface area contributed by atoms with Crippen LogP contribution in [0.25, 0.3) is 11.0 Å². The molecule has 2 aromatic heterocycles. The first-order valence-electron chi connectivity index (χ1n) is 6.24. The molecule has 0 aliphatic heterocycles. The molecule has 0 spiro atoms. The van der Waals surface area contributed by atoms with E-state index >= 15 is 0 Å². The SMILES string of the molecule is Cn1ncc2c(NN)nc(CSc3ccc(O)cc3)nc21. The highest BCUT2D eigenvalue weighted by Crippen LogP contribution is 2.25. The van der Waals surface area contributed by atoms with Gasteiger partial charge in [-0.25, -0.2) is 15.8 Å². The van der Waals surface area contributed by atoms with Crippen molar-refractivity contribution in [2.75, 3.05) is 5.43 Å². The van der Waals surface area contributed by atoms with Crippen molar-refractivity contribution >= 4 is 28.6 Å². The van der Waals surface area contributed by atoms with Crippen molar-refractivity contribution in [3.05, 3.63) is 36.3 Å². The van der Waals surface area contributed by atoms with Crippen molar-refractivity contribution < 1.29 is 5.11 Å². The summed E-state index contributed by atoms with van der Waals surface area (Å²) in [5.74, 6) is 7.58. The van der Waals surface area contributed by atoms with Crippen LogP contribution in [-0.4, -0.2) is 24.9 Å². The quantitative estimate of drug-likeness (QED) is 0.382. The second-order valence-electron chi connectivity index (χ2n) is 4.42. The number of phenolic OH excluding ortho intramolecular Hbond substituents is 1. The van der Waals surface area contributed by atoms with Crippen LogP contribution < -0.4 is 11.3 Å². The van der Waals surface area contributed by atoms with E-state index in [1.54, 1.807) is 34.8 Å². The molecule has 1 aromatic carbocycles. The van der Waals surface area contributed by atoms with E-state index in [-0.39, 0.29) is 5.75 Å². The number of thioether (sulfide) groups is 1. The van der Waals surface area contributed by atoms with Crippen LogP contribution in [0.5, 0.6) is 5.75 Å². The predicted octanol–water partition coefficient (Wildman–Crippen LogP) is 1.65. The number of aryl methyl sites for hydroxylation is 1. The van der Waals surface area contributed by atoms with E-state index in [9.17, 15) is 5.11 Å². The van der Waals surface area contributed by atoms with Gasteiger partial charge in [-0.3, -0.25) is 4.68 Å². The molecule has 0 aliphatic rings. The second-order valence-corrected chi connectivity index (χ2v) is 5.47. The number of phenols is 1. The minimum Gasteiger partial charge on any atom is -0.508 e. The number of hydrazine groups is 1. The molecule has 7 nitrogen and oxygen atoms in total. The number of nitrogens with one attached hydrogen (secondary N) is 1. The average molecular weight is 302 g/mol. The molecule has 3 aromatic rings. The minimum atomic E-state index is 0.251. The largest absolute Gasteiger partial charge is 0.508 e. The van der Waals surface area contributed by atoms with Crippen molar-refractivity contribution in [3.8, 4) is 5.75 Å². The lowest BCUT2D eigenvalue weighted by Gasteiger charge is -2.06. The second kappa shape index (κ2) is 5.58. The number of hydrogen-bond acceptors (Lipinski definition) is 7. The zero-order valence-electron chi connectivity index (χ0n) is 11.3. The van der Waals surface area contributed by atoms with Crippen LogP contribution >= 0.6 is 11.8 Å². The van der Waals surface area contributed by atoms with E-state index in [0.717, 1.165) is 15.9 Å². The Labute approximate surface area is 125 Å². The lowest BCUT2D eigenvalue weighted by atomic mass is 10.3. The number of nitrogens with two attached hydrogens (primary N) is 1. The van der Waals surface area contributed by atoms with E-state index in [1.165, 1.54) is 0 Å². The normalized spacial score (nSPS) is 11.0. The molecule has 0 bridgehead atoms. The molecule has 0 fully saturated rings. The van der Waals surface area contributed by atoms with Gasteiger partial charge in [-0.15, -0.1) is 11.8 Å². The first-order valence-corrected chi connectivity index (χ1v) is 7.23. The number of rotatable bonds is 4. The van der Waals surface area contributed by atoms with E-state index in [1.807, 2.05) is 19.2 Å². The lowest BCUT2D eigenvalue weighted by Crippen LogP contribution is -2.11. The summed E-state index contributed by atoms with van der Waals surface area (Å²) in [5, 5.41) is 14.2. The molecule has 0 saturated carbocycles. The van der Waals surface area contributed by atoms with Crippen molar-refractivity contribution in [2.24, 2.45) is 12.9 Å². The molecule has 21 heavy (non-hydrogen) atoms. The Bertz CT molecular complexity index is 770. The van der Waals surface area contributed by atoms with Gasteiger partial charge in [0.15, 0.2) is 11.5 Å². The fourth-order valence-corrected chi connectivity index (χ4v) is 2.69. The highest BCUT2D eigenvalue weighted by molar-refractivity contribution is 7.98. The van der Waals surface area contributed by atoms with Crippen LogP contribution in [0.3, 0.4) is 0 Å². The van der Waals surface area contributed by atoms with Crippen LogP contribution in [-0.2, 0) is 12.8 Å². The summed E-state index contributed by atoms with van der Waals surface area (Å²) in [6, 6.07) is 7.01. The van der Waals surface area contributed by atoms with Crippen LogP contribution in [0.4, 0.5) is 5.82 Å². The van der Waals surface area contributed by atoms with Crippen LogP contribution in [0.1, 0.15) is 5.82 Å². The van der Waals surface area contributed by atoms with Gasteiger partial charge in [0.1, 0.15) is 11.6 Å². The third kappa shape index (κ3) is 2.76. The molecule has 2 heterocycles. The molecule has 0 amide bonds. The number of anilines is 1. The maximum absolute atomic E-state index is 9.27. The smallest absolute Gasteiger partial charge is 0.163 e. The molecule has 4 N–H and O–H groups in total. The fourth-order valence-electron chi connectivity index (χ4n) is 1.93. The third-order valence-electron chi connectivity index (χ3n) is 2.98. The van der Waals surface area contributed by atoms with E-state index < -0.39 is 0 Å². The molecule has 3 rings (SSSR count). The van der Waals surface area contributed by atoms with Crippen LogP contribution in [0.15, 0.2) is 35.4 Å². The molecule has 0 aliphatic carbocycles. The standard InChI is InChI=1S/C13H14N6OS/c1-19-13-10(6-15-19)12(18-14)16-11(17-13)7-21-9-4-2-8(20)3-5-9/h2-6,20H,7,14H2,1H3,(H,16,17,18). The minimum absolute atomic E-state index is 0.251. The first-order chi connectivity index (χ1) is 10.2. The number of hydrogen-bond donors (Lipinski definition) is 3. The summed E-state index contributed by atoms with van der Waals surface area (Å²) in [6.45, 7) is 0. The molecular weight excluding hydrogens is 288 g/mol. The molecule has 8 heteroatoms. The topological polar surface area (TPSA) is 102 Å². The summed E-state index contributed by atoms with van der Waals surface area (Å²) in [5.41, 5.74) is 3.32. The molecule has 0 radical (unpaired) electrons. The number of nitrogen functional groups attached to an aromatic ring is 1. The summed E-state index contributed by atoms with van der Waals surface area (Å²) in [6.07, 6.45) is 1.68. The monoisotopic (exact) mass is 302 g/mol. The Kier molecular flexibility index (Phi) is 3.63. The highest BCUT2D eigenvalue weighted by atomic mass is 32.2. The Morgan fingerprint density at radius 1 is 1.29 bits per heavy atom. The predicted molar refractivity (Wildman–Crippen MR) is 81.8 cm³/mol. The number of fused-ring (bicyclic) bond motifs is 1. The van der Waals surface area contributed by atoms with E-state index in [4.69, 9.17) is 5.84 Å². The Morgan fingerprint density at radius 3 is 2.76 bits per heavy atom. The van der Waals surface area contributed by atoms with Crippen LogP contribution in [0, 0.1) is 0 Å². The van der Waals surface area contributed by atoms with Crippen molar-refractivity contribution in [1.82, 2.24) is 19.7 Å². The summed E-state index contributed by atoms with van der Waals surface area (Å²) >= 11 is 1.58. The van der Waals surface area contributed by atoms with Gasteiger partial charge in [0.2, 0.25) is 0 Å². The van der Waals surface area contributed by atoms with Gasteiger partial charge in [0, 0.05) is 11.9 Å². The summed E-state index contributed by atoms with van der Waals surface area (Å²) in [4.78, 5) is 9.93. The maximum atomic E-state index is 9.27. The average Bonchev–Trinajstić information content (AvgIpc) is 2.87. The Hall–Kier alpha value is -2.32. The van der Waals surface area contributed by atoms with Crippen molar-refractivity contribution in [2.45, 2.75) is 10.6 Å². The highest BCUT2D eigenvalue weighted by Gasteiger charge is 2.11. The lowest BCUT2D eigenvalue weighted by molar-refractivity contribution is 0.475. The number of benzene rings is 1. The molecule has 0 saturated heterocycles. The Balaban J connectivity index is 1.86. The fraction of sp³-hybridized carbons (Fsp3) is 0.154. The van der Waals surface area contributed by atoms with Gasteiger partial charge >= 0.3 is 0 Å². The summed E-state index contributed by atoms with van der Waals surface area (Å²) < 4.78 is 1.69. The molecule has 0 unspecified atom stereocenters. The van der Waals surface area contributed by atoms with Gasteiger partial charge in [0.05, 0.1) is 17.3 Å². The molecule has 108 valence electrons. The number of nitrogens with zero attached hydrogens (tertiary/aromatic N) is 4. The van der Waals surface area contributed by atoms with Gasteiger partial charge in [-0.05, 0) is 24.3 Å². The van der Waals surface area contributed by atoms with Gasteiger partial charge < -0.3 is 10.5 Å². The number of aromatic nitrogens is 4. The van der Waals surface area contributed by atoms with E-state index in [2.05, 4.69) is 20.5 Å². The maximum Gasteiger partial charge on any atom is 0.163 e. The van der Waals surface area contributed by atoms with E-state index in [0.29, 0.717) is 17.4 Å². The zero-order chi connectivity index (χ0) is 14.8. The molecule has 0 atom stereocenters.